The third-order valence-electron chi connectivity index (χ3n) is 3.55. The van der Waals surface area contributed by atoms with Crippen LogP contribution in [0.15, 0.2) is 11.2 Å². The number of guanidine groups is 1. The lowest BCUT2D eigenvalue weighted by Gasteiger charge is -2.25. The zero-order chi connectivity index (χ0) is 12.3. The van der Waals surface area contributed by atoms with E-state index in [0.29, 0.717) is 12.5 Å². The molecule has 0 spiro atoms. The van der Waals surface area contributed by atoms with E-state index in [1.54, 1.807) is 0 Å². The predicted molar refractivity (Wildman–Crippen MR) is 84.0 cm³/mol. The van der Waals surface area contributed by atoms with E-state index in [4.69, 9.17) is 5.73 Å². The SMILES string of the molecule is Cc1c(CN=C(N)NCC2CCC2)cnn1C.I. The van der Waals surface area contributed by atoms with Gasteiger partial charge in [0.25, 0.3) is 0 Å². The Hall–Kier alpha value is -0.790. The van der Waals surface area contributed by atoms with Crippen LogP contribution in [0, 0.1) is 12.8 Å². The Morgan fingerprint density at radius 3 is 2.83 bits per heavy atom. The fourth-order valence-corrected chi connectivity index (χ4v) is 1.87. The average Bonchev–Trinajstić information content (AvgIpc) is 2.55. The Morgan fingerprint density at radius 1 is 1.61 bits per heavy atom. The molecule has 0 aromatic carbocycles. The van der Waals surface area contributed by atoms with Gasteiger partial charge in [-0.05, 0) is 25.7 Å². The minimum atomic E-state index is 0. The van der Waals surface area contributed by atoms with Crippen molar-refractivity contribution in [1.82, 2.24) is 15.1 Å². The molecule has 0 aliphatic heterocycles. The molecule has 1 aliphatic carbocycles. The summed E-state index contributed by atoms with van der Waals surface area (Å²) in [5.74, 6) is 1.34. The molecule has 0 bridgehead atoms. The summed E-state index contributed by atoms with van der Waals surface area (Å²) in [5.41, 5.74) is 8.08. The zero-order valence-electron chi connectivity index (χ0n) is 11.0. The van der Waals surface area contributed by atoms with Crippen LogP contribution in [0.1, 0.15) is 30.5 Å². The number of halogens is 1. The lowest BCUT2D eigenvalue weighted by atomic mass is 9.85. The molecule has 18 heavy (non-hydrogen) atoms. The van der Waals surface area contributed by atoms with E-state index in [1.165, 1.54) is 19.3 Å². The normalized spacial score (nSPS) is 16.0. The van der Waals surface area contributed by atoms with Gasteiger partial charge in [0.1, 0.15) is 0 Å². The van der Waals surface area contributed by atoms with Crippen LogP contribution in [-0.2, 0) is 13.6 Å². The molecule has 3 N–H and O–H groups in total. The number of nitrogens with two attached hydrogens (primary N) is 1. The van der Waals surface area contributed by atoms with Crippen LogP contribution in [0.2, 0.25) is 0 Å². The molecule has 1 aromatic rings. The number of nitrogens with zero attached hydrogens (tertiary/aromatic N) is 3. The van der Waals surface area contributed by atoms with Crippen molar-refractivity contribution in [2.24, 2.45) is 23.7 Å². The molecule has 0 saturated heterocycles. The second-order valence-electron chi connectivity index (χ2n) is 4.76. The van der Waals surface area contributed by atoms with E-state index in [9.17, 15) is 0 Å². The first kappa shape index (κ1) is 15.3. The Morgan fingerprint density at radius 2 is 2.33 bits per heavy atom. The van der Waals surface area contributed by atoms with Gasteiger partial charge in [-0.25, -0.2) is 4.99 Å². The molecule has 0 amide bonds. The summed E-state index contributed by atoms with van der Waals surface area (Å²) in [4.78, 5) is 4.33. The van der Waals surface area contributed by atoms with Crippen molar-refractivity contribution < 1.29 is 0 Å². The second kappa shape index (κ2) is 6.96. The van der Waals surface area contributed by atoms with Crippen molar-refractivity contribution in [2.45, 2.75) is 32.7 Å². The molecule has 2 rings (SSSR count). The molecule has 0 atom stereocenters. The van der Waals surface area contributed by atoms with Gasteiger partial charge in [0.05, 0.1) is 12.7 Å². The molecule has 102 valence electrons. The first-order valence-electron chi connectivity index (χ1n) is 6.18. The van der Waals surface area contributed by atoms with Crippen molar-refractivity contribution in [1.29, 1.82) is 0 Å². The van der Waals surface area contributed by atoms with E-state index in [1.807, 2.05) is 24.9 Å². The highest BCUT2D eigenvalue weighted by Crippen LogP contribution is 2.24. The number of hydrogen-bond acceptors (Lipinski definition) is 2. The number of rotatable bonds is 4. The molecule has 5 nitrogen and oxygen atoms in total. The third kappa shape index (κ3) is 3.86. The molecule has 1 heterocycles. The second-order valence-corrected chi connectivity index (χ2v) is 4.76. The maximum Gasteiger partial charge on any atom is 0.188 e. The maximum atomic E-state index is 5.82. The standard InChI is InChI=1S/C12H21N5.HI/c1-9-11(8-16-17(9)2)7-15-12(13)14-6-10-4-3-5-10;/h8,10H,3-7H2,1-2H3,(H3,13,14,15);1H. The zero-order valence-corrected chi connectivity index (χ0v) is 13.3. The fraction of sp³-hybridized carbons (Fsp3) is 0.667. The summed E-state index contributed by atoms with van der Waals surface area (Å²) in [6, 6.07) is 0. The van der Waals surface area contributed by atoms with Crippen LogP contribution >= 0.6 is 24.0 Å². The number of nitrogens with one attached hydrogen (secondary N) is 1. The number of aryl methyl sites for hydroxylation is 1. The Labute approximate surface area is 125 Å². The van der Waals surface area contributed by atoms with E-state index in [-0.39, 0.29) is 24.0 Å². The Kier molecular flexibility index (Phi) is 5.90. The Bertz CT molecular complexity index is 409. The molecule has 1 saturated carbocycles. The monoisotopic (exact) mass is 363 g/mol. The first-order valence-corrected chi connectivity index (χ1v) is 6.18. The van der Waals surface area contributed by atoms with Gasteiger partial charge in [-0.3, -0.25) is 4.68 Å². The highest BCUT2D eigenvalue weighted by atomic mass is 127. The number of hydrogen-bond donors (Lipinski definition) is 2. The molecule has 6 heteroatoms. The van der Waals surface area contributed by atoms with Gasteiger partial charge in [0.2, 0.25) is 0 Å². The summed E-state index contributed by atoms with van der Waals surface area (Å²) < 4.78 is 1.85. The fourth-order valence-electron chi connectivity index (χ4n) is 1.87. The third-order valence-corrected chi connectivity index (χ3v) is 3.55. The largest absolute Gasteiger partial charge is 0.370 e. The molecular weight excluding hydrogens is 341 g/mol. The maximum absolute atomic E-state index is 5.82. The van der Waals surface area contributed by atoms with Gasteiger partial charge in [-0.1, -0.05) is 6.42 Å². The summed E-state index contributed by atoms with van der Waals surface area (Å²) in [5, 5.41) is 7.36. The molecule has 1 fully saturated rings. The van der Waals surface area contributed by atoms with E-state index < -0.39 is 0 Å². The van der Waals surface area contributed by atoms with Crippen LogP contribution in [0.5, 0.6) is 0 Å². The van der Waals surface area contributed by atoms with Gasteiger partial charge in [-0.2, -0.15) is 5.10 Å². The van der Waals surface area contributed by atoms with Crippen molar-refractivity contribution in [3.63, 3.8) is 0 Å². The van der Waals surface area contributed by atoms with Gasteiger partial charge >= 0.3 is 0 Å². The van der Waals surface area contributed by atoms with Crippen molar-refractivity contribution in [2.75, 3.05) is 6.54 Å². The summed E-state index contributed by atoms with van der Waals surface area (Å²) >= 11 is 0. The molecule has 1 aromatic heterocycles. The van der Waals surface area contributed by atoms with Crippen molar-refractivity contribution in [3.8, 4) is 0 Å². The topological polar surface area (TPSA) is 68.2 Å². The van der Waals surface area contributed by atoms with Crippen LogP contribution < -0.4 is 11.1 Å². The predicted octanol–water partition coefficient (Wildman–Crippen LogP) is 1.55. The minimum absolute atomic E-state index is 0. The molecule has 1 aliphatic rings. The smallest absolute Gasteiger partial charge is 0.188 e. The average molecular weight is 363 g/mol. The van der Waals surface area contributed by atoms with Gasteiger partial charge in [0, 0.05) is 24.8 Å². The van der Waals surface area contributed by atoms with E-state index in [0.717, 1.165) is 23.7 Å². The van der Waals surface area contributed by atoms with Gasteiger partial charge in [0.15, 0.2) is 5.96 Å². The lowest BCUT2D eigenvalue weighted by molar-refractivity contribution is 0.315. The van der Waals surface area contributed by atoms with Crippen LogP contribution in [0.25, 0.3) is 0 Å². The van der Waals surface area contributed by atoms with Crippen molar-refractivity contribution in [3.05, 3.63) is 17.5 Å². The minimum Gasteiger partial charge on any atom is -0.370 e. The summed E-state index contributed by atoms with van der Waals surface area (Å²) in [6.45, 7) is 3.60. The first-order chi connectivity index (χ1) is 8.16. The van der Waals surface area contributed by atoms with E-state index in [2.05, 4.69) is 15.4 Å². The molecular formula is C12H22IN5. The molecule has 0 radical (unpaired) electrons. The summed E-state index contributed by atoms with van der Waals surface area (Å²) in [7, 11) is 1.93. The summed E-state index contributed by atoms with van der Waals surface area (Å²) in [6.07, 6.45) is 5.85. The van der Waals surface area contributed by atoms with E-state index >= 15 is 0 Å². The van der Waals surface area contributed by atoms with Gasteiger partial charge in [-0.15, -0.1) is 24.0 Å². The highest BCUT2D eigenvalue weighted by Gasteiger charge is 2.16. The van der Waals surface area contributed by atoms with Crippen molar-refractivity contribution >= 4 is 29.9 Å². The Balaban J connectivity index is 0.00000162. The van der Waals surface area contributed by atoms with Crippen LogP contribution in [0.4, 0.5) is 0 Å². The highest BCUT2D eigenvalue weighted by molar-refractivity contribution is 14.0. The molecule has 0 unspecified atom stereocenters. The van der Waals surface area contributed by atoms with Crippen LogP contribution in [-0.4, -0.2) is 22.3 Å². The van der Waals surface area contributed by atoms with Gasteiger partial charge < -0.3 is 11.1 Å². The number of aromatic nitrogens is 2. The van der Waals surface area contributed by atoms with Crippen LogP contribution in [0.3, 0.4) is 0 Å². The number of aliphatic imine (C=N–C) groups is 1. The lowest BCUT2D eigenvalue weighted by Crippen LogP contribution is -2.37. The quantitative estimate of drug-likeness (QED) is 0.485.